The molecule has 0 saturated carbocycles. The molecule has 4 aromatic carbocycles. The van der Waals surface area contributed by atoms with Gasteiger partial charge in [-0.15, -0.1) is 0 Å². The average molecular weight is 599 g/mol. The van der Waals surface area contributed by atoms with Crippen LogP contribution in [0, 0.1) is 0 Å². The lowest BCUT2D eigenvalue weighted by Gasteiger charge is -2.12. The number of hydrogen-bond donors (Lipinski definition) is 2. The lowest BCUT2D eigenvalue weighted by Crippen LogP contribution is -2.32. The molecular weight excluding hydrogens is 570 g/mol. The second kappa shape index (κ2) is 12.5. The van der Waals surface area contributed by atoms with Crippen LogP contribution in [0.25, 0.3) is 27.5 Å². The number of pyridine rings is 1. The van der Waals surface area contributed by atoms with E-state index in [9.17, 15) is 8.42 Å². The SMILES string of the molecule is O=S(=O)(NCCNC/C=C(\c1ccccc1)c1ccc(-c2ccc(Br)cc2)cc1)c1cccc2cnccc12. The van der Waals surface area contributed by atoms with Crippen molar-refractivity contribution < 1.29 is 8.42 Å². The Bertz CT molecular complexity index is 1680. The van der Waals surface area contributed by atoms with Crippen LogP contribution in [0.3, 0.4) is 0 Å². The van der Waals surface area contributed by atoms with Crippen LogP contribution in [0.15, 0.2) is 131 Å². The molecule has 0 radical (unpaired) electrons. The summed E-state index contributed by atoms with van der Waals surface area (Å²) < 4.78 is 29.6. The summed E-state index contributed by atoms with van der Waals surface area (Å²) in [6, 6.07) is 34.1. The highest BCUT2D eigenvalue weighted by molar-refractivity contribution is 9.10. The molecule has 7 heteroatoms. The zero-order chi connectivity index (χ0) is 27.1. The van der Waals surface area contributed by atoms with Crippen molar-refractivity contribution in [2.75, 3.05) is 19.6 Å². The molecule has 0 fully saturated rings. The number of benzene rings is 4. The van der Waals surface area contributed by atoms with Crippen LogP contribution >= 0.6 is 15.9 Å². The molecule has 0 atom stereocenters. The van der Waals surface area contributed by atoms with E-state index in [4.69, 9.17) is 0 Å². The van der Waals surface area contributed by atoms with Gasteiger partial charge in [0, 0.05) is 47.3 Å². The minimum Gasteiger partial charge on any atom is -0.312 e. The predicted octanol–water partition coefficient (Wildman–Crippen LogP) is 6.66. The number of aromatic nitrogens is 1. The molecular formula is C32H28BrN3O2S. The number of nitrogens with one attached hydrogen (secondary N) is 2. The van der Waals surface area contributed by atoms with Gasteiger partial charge in [0.2, 0.25) is 10.0 Å². The number of hydrogen-bond acceptors (Lipinski definition) is 4. The Balaban J connectivity index is 1.24. The second-order valence-corrected chi connectivity index (χ2v) is 11.7. The number of fused-ring (bicyclic) bond motifs is 1. The Kier molecular flexibility index (Phi) is 8.64. The molecule has 0 aliphatic carbocycles. The van der Waals surface area contributed by atoms with Gasteiger partial charge in [-0.25, -0.2) is 13.1 Å². The summed E-state index contributed by atoms with van der Waals surface area (Å²) in [5.74, 6) is 0. The van der Waals surface area contributed by atoms with Crippen LogP contribution in [0.2, 0.25) is 0 Å². The van der Waals surface area contributed by atoms with Crippen molar-refractivity contribution in [1.29, 1.82) is 0 Å². The third kappa shape index (κ3) is 6.69. The highest BCUT2D eigenvalue weighted by atomic mass is 79.9. The van der Waals surface area contributed by atoms with Gasteiger partial charge in [-0.3, -0.25) is 4.98 Å². The predicted molar refractivity (Wildman–Crippen MR) is 163 cm³/mol. The molecule has 5 nitrogen and oxygen atoms in total. The van der Waals surface area contributed by atoms with Crippen LogP contribution in [-0.2, 0) is 10.0 Å². The van der Waals surface area contributed by atoms with Crippen molar-refractivity contribution in [3.63, 3.8) is 0 Å². The summed E-state index contributed by atoms with van der Waals surface area (Å²) in [5.41, 5.74) is 5.69. The van der Waals surface area contributed by atoms with Gasteiger partial charge in [0.25, 0.3) is 0 Å². The van der Waals surface area contributed by atoms with Gasteiger partial charge < -0.3 is 5.32 Å². The molecule has 0 bridgehead atoms. The van der Waals surface area contributed by atoms with Gasteiger partial charge in [0.15, 0.2) is 0 Å². The highest BCUT2D eigenvalue weighted by Crippen LogP contribution is 2.27. The summed E-state index contributed by atoms with van der Waals surface area (Å²) >= 11 is 3.49. The van der Waals surface area contributed by atoms with Crippen molar-refractivity contribution >= 4 is 42.3 Å². The third-order valence-electron chi connectivity index (χ3n) is 6.43. The van der Waals surface area contributed by atoms with Crippen LogP contribution in [-0.4, -0.2) is 33.0 Å². The van der Waals surface area contributed by atoms with E-state index in [2.05, 4.69) is 85.6 Å². The molecule has 0 aliphatic rings. The Hall–Kier alpha value is -3.62. The molecule has 1 heterocycles. The molecule has 1 aromatic heterocycles. The van der Waals surface area contributed by atoms with Crippen molar-refractivity contribution in [3.05, 3.63) is 137 Å². The largest absolute Gasteiger partial charge is 0.312 e. The van der Waals surface area contributed by atoms with Crippen LogP contribution in [0.1, 0.15) is 11.1 Å². The summed E-state index contributed by atoms with van der Waals surface area (Å²) in [7, 11) is -3.64. The minimum absolute atomic E-state index is 0.264. The zero-order valence-corrected chi connectivity index (χ0v) is 23.6. The van der Waals surface area contributed by atoms with E-state index in [1.807, 2.05) is 36.4 Å². The number of rotatable bonds is 10. The molecule has 0 amide bonds. The first-order chi connectivity index (χ1) is 19.0. The second-order valence-electron chi connectivity index (χ2n) is 9.02. The van der Waals surface area contributed by atoms with Gasteiger partial charge in [0.05, 0.1) is 4.90 Å². The first-order valence-corrected chi connectivity index (χ1v) is 14.9. The standard InChI is InChI=1S/C32H28BrN3O2S/c33-29-15-13-25(14-16-29)24-9-11-27(12-10-24)30(26-5-2-1-3-6-26)17-19-34-21-22-36-39(37,38)32-8-4-7-28-23-35-20-18-31(28)32/h1-18,20,23,34,36H,19,21-22H2/b30-17+. The van der Waals surface area contributed by atoms with Gasteiger partial charge in [-0.1, -0.05) is 101 Å². The summed E-state index contributed by atoms with van der Waals surface area (Å²) in [6.07, 6.45) is 5.42. The maximum absolute atomic E-state index is 12.9. The number of nitrogens with zero attached hydrogens (tertiary/aromatic N) is 1. The van der Waals surface area contributed by atoms with Gasteiger partial charge >= 0.3 is 0 Å². The third-order valence-corrected chi connectivity index (χ3v) is 8.48. The minimum atomic E-state index is -3.64. The number of sulfonamides is 1. The molecule has 0 aliphatic heterocycles. The molecule has 0 unspecified atom stereocenters. The summed E-state index contributed by atoms with van der Waals surface area (Å²) in [4.78, 5) is 4.34. The Labute approximate surface area is 237 Å². The number of halogens is 1. The van der Waals surface area contributed by atoms with E-state index in [-0.39, 0.29) is 11.4 Å². The molecule has 0 spiro atoms. The van der Waals surface area contributed by atoms with E-state index in [0.717, 1.165) is 32.1 Å². The Morgan fingerprint density at radius 3 is 2.21 bits per heavy atom. The maximum atomic E-state index is 12.9. The maximum Gasteiger partial charge on any atom is 0.241 e. The van der Waals surface area contributed by atoms with Crippen molar-refractivity contribution in [2.45, 2.75) is 4.90 Å². The lowest BCUT2D eigenvalue weighted by molar-refractivity contribution is 0.579. The van der Waals surface area contributed by atoms with Crippen LogP contribution in [0.4, 0.5) is 0 Å². The summed E-state index contributed by atoms with van der Waals surface area (Å²) in [5, 5.41) is 4.80. The topological polar surface area (TPSA) is 71.1 Å². The molecule has 39 heavy (non-hydrogen) atoms. The fourth-order valence-corrected chi connectivity index (χ4v) is 5.98. The molecule has 5 aromatic rings. The zero-order valence-electron chi connectivity index (χ0n) is 21.2. The average Bonchev–Trinajstić information content (AvgIpc) is 2.97. The van der Waals surface area contributed by atoms with Crippen molar-refractivity contribution in [1.82, 2.24) is 15.0 Å². The van der Waals surface area contributed by atoms with Gasteiger partial charge in [-0.05, 0) is 52.1 Å². The fourth-order valence-electron chi connectivity index (χ4n) is 4.46. The molecule has 196 valence electrons. The van der Waals surface area contributed by atoms with Crippen molar-refractivity contribution in [2.24, 2.45) is 0 Å². The smallest absolute Gasteiger partial charge is 0.241 e. The Morgan fingerprint density at radius 2 is 1.46 bits per heavy atom. The van der Waals surface area contributed by atoms with E-state index >= 15 is 0 Å². The normalized spacial score (nSPS) is 12.1. The van der Waals surface area contributed by atoms with Crippen LogP contribution < -0.4 is 10.0 Å². The lowest BCUT2D eigenvalue weighted by atomic mass is 9.95. The Morgan fingerprint density at radius 1 is 0.769 bits per heavy atom. The molecule has 5 rings (SSSR count). The van der Waals surface area contributed by atoms with Gasteiger partial charge in [-0.2, -0.15) is 0 Å². The molecule has 0 saturated heterocycles. The fraction of sp³-hybridized carbons (Fsp3) is 0.0938. The monoisotopic (exact) mass is 597 g/mol. The van der Waals surface area contributed by atoms with Crippen LogP contribution in [0.5, 0.6) is 0 Å². The quantitative estimate of drug-likeness (QED) is 0.176. The first-order valence-electron chi connectivity index (χ1n) is 12.7. The molecule has 2 N–H and O–H groups in total. The van der Waals surface area contributed by atoms with Gasteiger partial charge in [0.1, 0.15) is 0 Å². The first kappa shape index (κ1) is 27.0. The summed E-state index contributed by atoms with van der Waals surface area (Å²) in [6.45, 7) is 1.37. The van der Waals surface area contributed by atoms with E-state index in [0.29, 0.717) is 18.5 Å². The van der Waals surface area contributed by atoms with E-state index < -0.39 is 10.0 Å². The van der Waals surface area contributed by atoms with E-state index in [1.165, 1.54) is 5.56 Å². The van der Waals surface area contributed by atoms with E-state index in [1.54, 1.807) is 30.6 Å². The van der Waals surface area contributed by atoms with Crippen molar-refractivity contribution in [3.8, 4) is 11.1 Å². The highest BCUT2D eigenvalue weighted by Gasteiger charge is 2.16.